The highest BCUT2D eigenvalue weighted by Crippen LogP contribution is 2.64. The summed E-state index contributed by atoms with van der Waals surface area (Å²) in [5, 5.41) is 2.56. The molecule has 3 unspecified atom stereocenters. The minimum Gasteiger partial charge on any atom is -0.368 e. The van der Waals surface area contributed by atoms with Gasteiger partial charge >= 0.3 is 6.36 Å². The Balaban J connectivity index is 1.90. The summed E-state index contributed by atoms with van der Waals surface area (Å²) in [5.74, 6) is -6.88. The Morgan fingerprint density at radius 2 is 2.16 bits per heavy atom. The largest absolute Gasteiger partial charge is 0.522 e. The van der Waals surface area contributed by atoms with Crippen molar-refractivity contribution in [1.29, 1.82) is 0 Å². The molecule has 3 N–H and O–H groups in total. The number of alkyl halides is 3. The molecule has 32 heavy (non-hydrogen) atoms. The number of Topliss-reactive ketones (excluding diaryl/α,β-unsaturated/α-hetero) is 1. The maximum absolute atomic E-state index is 13.4. The van der Waals surface area contributed by atoms with Crippen LogP contribution in [0, 0.1) is 23.2 Å². The van der Waals surface area contributed by atoms with Gasteiger partial charge in [-0.2, -0.15) is 0 Å². The molecule has 8 nitrogen and oxygen atoms in total. The summed E-state index contributed by atoms with van der Waals surface area (Å²) in [6.07, 6.45) is -16.7. The summed E-state index contributed by atoms with van der Waals surface area (Å²) in [4.78, 5) is 51.3. The minimum absolute atomic E-state index is 0.0727. The second-order valence-electron chi connectivity index (χ2n) is 8.42. The monoisotopic (exact) mass is 470 g/mol. The number of nitrogens with one attached hydrogen (secondary N) is 1. The van der Waals surface area contributed by atoms with Gasteiger partial charge in [0.05, 0.1) is 0 Å². The van der Waals surface area contributed by atoms with E-state index in [1.54, 1.807) is 0 Å². The van der Waals surface area contributed by atoms with Gasteiger partial charge in [0.1, 0.15) is 12.6 Å². The third-order valence-corrected chi connectivity index (χ3v) is 6.51. The SMILES string of the molecule is [2H]C([2H])([2H])C([2H])([2H])C([2H])([2H])C([2H])([2H])C(=O)N1CC2(CC1C(N)=O)CC2[C@H](C[C@H]1CCNC1=O)C(=O)COC(F)(F)F. The van der Waals surface area contributed by atoms with E-state index in [9.17, 15) is 32.3 Å². The maximum atomic E-state index is 13.4. The Labute approximate surface area is 197 Å². The van der Waals surface area contributed by atoms with Gasteiger partial charge in [-0.1, -0.05) is 13.2 Å². The average Bonchev–Trinajstić information content (AvgIpc) is 3.13. The predicted molar refractivity (Wildman–Crippen MR) is 106 cm³/mol. The molecule has 3 aliphatic rings. The smallest absolute Gasteiger partial charge is 0.368 e. The van der Waals surface area contributed by atoms with Crippen molar-refractivity contribution >= 4 is 23.5 Å². The molecule has 2 saturated heterocycles. The molecule has 0 bridgehead atoms. The first-order valence-electron chi connectivity index (χ1n) is 14.5. The van der Waals surface area contributed by atoms with Crippen molar-refractivity contribution in [2.24, 2.45) is 28.9 Å². The van der Waals surface area contributed by atoms with Crippen LogP contribution in [-0.2, 0) is 23.9 Å². The first-order valence-corrected chi connectivity index (χ1v) is 10.0. The molecule has 2 heterocycles. The van der Waals surface area contributed by atoms with Gasteiger partial charge in [-0.3, -0.25) is 23.9 Å². The van der Waals surface area contributed by atoms with Crippen LogP contribution >= 0.6 is 0 Å². The highest BCUT2D eigenvalue weighted by Gasteiger charge is 2.65. The summed E-state index contributed by atoms with van der Waals surface area (Å²) >= 11 is 0. The fraction of sp³-hybridized carbons (Fsp3) is 0.810. The summed E-state index contributed by atoms with van der Waals surface area (Å²) in [7, 11) is 0. The molecule has 3 fully saturated rings. The molecule has 180 valence electrons. The van der Waals surface area contributed by atoms with Crippen LogP contribution in [0.5, 0.6) is 0 Å². The fourth-order valence-electron chi connectivity index (χ4n) is 4.95. The predicted octanol–water partition coefficient (Wildman–Crippen LogP) is 1.52. The molecular weight excluding hydrogens is 431 g/mol. The number of carbonyl (C=O) groups is 4. The van der Waals surface area contributed by atoms with E-state index in [0.29, 0.717) is 17.9 Å². The molecule has 1 saturated carbocycles. The van der Waals surface area contributed by atoms with E-state index in [1.807, 2.05) is 0 Å². The van der Waals surface area contributed by atoms with Crippen molar-refractivity contribution in [2.75, 3.05) is 19.7 Å². The zero-order valence-electron chi connectivity index (χ0n) is 26.0. The van der Waals surface area contributed by atoms with Gasteiger partial charge in [-0.15, -0.1) is 13.2 Å². The number of carbonyl (C=O) groups excluding carboxylic acids is 4. The lowest BCUT2D eigenvalue weighted by atomic mass is 9.83. The van der Waals surface area contributed by atoms with Gasteiger partial charge in [0.2, 0.25) is 17.7 Å². The standard InChI is InChI=1S/C21H30F3N3O5/c1-2-3-4-17(29)27-11-20(9-15(27)18(25)30)8-14(20)13(7-12-5-6-26-19(12)31)16(28)10-32-21(22,23)24/h12-15H,2-11H2,1H3,(H2,25,30)(H,26,31)/t12-,13+,14?,15?,20?/m1/s1/i1D3,2D2,3D2,4D2. The maximum Gasteiger partial charge on any atom is 0.522 e. The molecule has 0 aromatic carbocycles. The van der Waals surface area contributed by atoms with Crippen LogP contribution in [0.3, 0.4) is 0 Å². The van der Waals surface area contributed by atoms with Crippen molar-refractivity contribution in [3.63, 3.8) is 0 Å². The molecule has 1 spiro atoms. The number of likely N-dealkylation sites (tertiary alicyclic amines) is 1. The second-order valence-corrected chi connectivity index (χ2v) is 8.42. The molecule has 2 aliphatic heterocycles. The summed E-state index contributed by atoms with van der Waals surface area (Å²) in [6.45, 7) is -5.22. The van der Waals surface area contributed by atoms with E-state index in [4.69, 9.17) is 18.1 Å². The van der Waals surface area contributed by atoms with Crippen LogP contribution in [0.15, 0.2) is 0 Å². The fourth-order valence-corrected chi connectivity index (χ4v) is 4.95. The number of hydrogen-bond acceptors (Lipinski definition) is 5. The lowest BCUT2D eigenvalue weighted by Crippen LogP contribution is -2.43. The third kappa shape index (κ3) is 5.41. The van der Waals surface area contributed by atoms with Gasteiger partial charge in [-0.25, -0.2) is 0 Å². The van der Waals surface area contributed by atoms with Crippen molar-refractivity contribution in [1.82, 2.24) is 10.2 Å². The van der Waals surface area contributed by atoms with E-state index < -0.39 is 98.2 Å². The number of nitrogens with zero attached hydrogens (tertiary/aromatic N) is 1. The van der Waals surface area contributed by atoms with Crippen molar-refractivity contribution < 1.29 is 49.4 Å². The Morgan fingerprint density at radius 1 is 1.41 bits per heavy atom. The summed E-state index contributed by atoms with van der Waals surface area (Å²) in [5.41, 5.74) is 4.30. The van der Waals surface area contributed by atoms with E-state index in [-0.39, 0.29) is 19.3 Å². The summed E-state index contributed by atoms with van der Waals surface area (Å²) in [6, 6.07) is -1.56. The number of amides is 3. The molecule has 3 rings (SSSR count). The molecule has 0 aromatic rings. The molecule has 11 heteroatoms. The molecule has 1 aliphatic carbocycles. The van der Waals surface area contributed by atoms with Gasteiger partial charge in [-0.05, 0) is 43.4 Å². The molecule has 0 aromatic heterocycles. The number of primary amides is 1. The quantitative estimate of drug-likeness (QED) is 0.502. The van der Waals surface area contributed by atoms with Crippen molar-refractivity contribution in [3.8, 4) is 0 Å². The molecule has 3 amide bonds. The molecule has 5 atom stereocenters. The average molecular weight is 471 g/mol. The van der Waals surface area contributed by atoms with Crippen LogP contribution in [-0.4, -0.2) is 60.5 Å². The highest BCUT2D eigenvalue weighted by molar-refractivity contribution is 5.88. The van der Waals surface area contributed by atoms with Crippen molar-refractivity contribution in [3.05, 3.63) is 0 Å². The molecular formula is C21H30F3N3O5. The van der Waals surface area contributed by atoms with Gasteiger partial charge < -0.3 is 16.0 Å². The van der Waals surface area contributed by atoms with Crippen molar-refractivity contribution in [2.45, 2.75) is 64.1 Å². The van der Waals surface area contributed by atoms with E-state index in [2.05, 4.69) is 10.1 Å². The number of nitrogens with two attached hydrogens (primary N) is 1. The van der Waals surface area contributed by atoms with Crippen LogP contribution in [0.4, 0.5) is 13.2 Å². The second kappa shape index (κ2) is 9.36. The zero-order chi connectivity index (χ0) is 31.6. The Kier molecular flexibility index (Phi) is 4.35. The topological polar surface area (TPSA) is 119 Å². The van der Waals surface area contributed by atoms with Gasteiger partial charge in [0, 0.05) is 43.6 Å². The first-order chi connectivity index (χ1) is 18.4. The van der Waals surface area contributed by atoms with Gasteiger partial charge in [0.25, 0.3) is 0 Å². The zero-order valence-corrected chi connectivity index (χ0v) is 17.0. The van der Waals surface area contributed by atoms with Crippen LogP contribution in [0.25, 0.3) is 0 Å². The number of ether oxygens (including phenoxy) is 1. The highest BCUT2D eigenvalue weighted by atomic mass is 19.4. The lowest BCUT2D eigenvalue weighted by molar-refractivity contribution is -0.321. The Morgan fingerprint density at radius 3 is 2.75 bits per heavy atom. The van der Waals surface area contributed by atoms with Crippen LogP contribution in [0.2, 0.25) is 0 Å². The van der Waals surface area contributed by atoms with Crippen LogP contribution in [0.1, 0.15) is 64.0 Å². The Bertz CT molecular complexity index is 1100. The van der Waals surface area contributed by atoms with Crippen LogP contribution < -0.4 is 11.1 Å². The first kappa shape index (κ1) is 14.9. The number of rotatable bonds is 10. The van der Waals surface area contributed by atoms with E-state index in [1.165, 1.54) is 0 Å². The van der Waals surface area contributed by atoms with Gasteiger partial charge in [0.15, 0.2) is 5.78 Å². The number of halogens is 3. The lowest BCUT2D eigenvalue weighted by Gasteiger charge is -2.23. The third-order valence-electron chi connectivity index (χ3n) is 6.51. The van der Waals surface area contributed by atoms with E-state index in [0.717, 1.165) is 0 Å². The molecule has 0 radical (unpaired) electrons. The number of hydrogen-bond donors (Lipinski definition) is 2. The normalized spacial score (nSPS) is 36.3. The summed E-state index contributed by atoms with van der Waals surface area (Å²) < 4.78 is 111. The Hall–Kier alpha value is -2.17. The minimum atomic E-state index is -5.11. The number of ketones is 1. The van der Waals surface area contributed by atoms with E-state index >= 15 is 0 Å².